The molecule has 0 radical (unpaired) electrons. The van der Waals surface area contributed by atoms with E-state index in [4.69, 9.17) is 0 Å². The molecule has 1 aromatic carbocycles. The van der Waals surface area contributed by atoms with Gasteiger partial charge in [-0.3, -0.25) is 4.79 Å². The Labute approximate surface area is 139 Å². The van der Waals surface area contributed by atoms with Gasteiger partial charge in [0.25, 0.3) is 5.91 Å². The Morgan fingerprint density at radius 1 is 1.17 bits per heavy atom. The molecule has 0 bridgehead atoms. The van der Waals surface area contributed by atoms with Crippen LogP contribution in [0.3, 0.4) is 0 Å². The van der Waals surface area contributed by atoms with Gasteiger partial charge in [-0.15, -0.1) is 0 Å². The standard InChI is InChI=1S/C18H17FN4O/c1-22(18(24)15-7-8-16(19)21-11-15)13-17-20-9-10-23(17)12-14-5-3-2-4-6-14/h2-11H,12-13H2,1H3. The first-order valence-electron chi connectivity index (χ1n) is 7.54. The number of benzene rings is 1. The van der Waals surface area contributed by atoms with Crippen molar-refractivity contribution < 1.29 is 9.18 Å². The second-order valence-corrected chi connectivity index (χ2v) is 5.49. The van der Waals surface area contributed by atoms with Crippen molar-refractivity contribution in [2.24, 2.45) is 0 Å². The van der Waals surface area contributed by atoms with Gasteiger partial charge in [0.05, 0.1) is 12.1 Å². The molecule has 0 aliphatic heterocycles. The minimum absolute atomic E-state index is 0.225. The van der Waals surface area contributed by atoms with Crippen LogP contribution in [0.5, 0.6) is 0 Å². The zero-order valence-electron chi connectivity index (χ0n) is 13.3. The summed E-state index contributed by atoms with van der Waals surface area (Å²) in [5.74, 6) is -0.0471. The van der Waals surface area contributed by atoms with E-state index < -0.39 is 5.95 Å². The van der Waals surface area contributed by atoms with Crippen molar-refractivity contribution in [2.45, 2.75) is 13.1 Å². The van der Waals surface area contributed by atoms with E-state index in [-0.39, 0.29) is 5.91 Å². The molecule has 0 unspecified atom stereocenters. The number of amides is 1. The average molecular weight is 324 g/mol. The van der Waals surface area contributed by atoms with Gasteiger partial charge < -0.3 is 9.47 Å². The molecule has 0 saturated heterocycles. The van der Waals surface area contributed by atoms with Gasteiger partial charge in [-0.1, -0.05) is 30.3 Å². The molecule has 0 N–H and O–H groups in total. The van der Waals surface area contributed by atoms with Gasteiger partial charge in [0.1, 0.15) is 5.82 Å². The van der Waals surface area contributed by atoms with E-state index in [1.807, 2.05) is 41.1 Å². The lowest BCUT2D eigenvalue weighted by Gasteiger charge is -2.17. The monoisotopic (exact) mass is 324 g/mol. The van der Waals surface area contributed by atoms with Gasteiger partial charge in [-0.05, 0) is 17.7 Å². The molecule has 24 heavy (non-hydrogen) atoms. The van der Waals surface area contributed by atoms with E-state index in [1.165, 1.54) is 18.3 Å². The van der Waals surface area contributed by atoms with E-state index in [9.17, 15) is 9.18 Å². The van der Waals surface area contributed by atoms with E-state index >= 15 is 0 Å². The smallest absolute Gasteiger partial charge is 0.255 e. The fourth-order valence-corrected chi connectivity index (χ4v) is 2.42. The zero-order valence-corrected chi connectivity index (χ0v) is 13.3. The van der Waals surface area contributed by atoms with Crippen molar-refractivity contribution >= 4 is 5.91 Å². The molecule has 0 aliphatic rings. The van der Waals surface area contributed by atoms with Gasteiger partial charge in [0.15, 0.2) is 0 Å². The lowest BCUT2D eigenvalue weighted by molar-refractivity contribution is 0.0779. The topological polar surface area (TPSA) is 51.0 Å². The van der Waals surface area contributed by atoms with Crippen molar-refractivity contribution in [3.05, 3.63) is 84.0 Å². The maximum absolute atomic E-state index is 12.9. The SMILES string of the molecule is CN(Cc1nccn1Cc1ccccc1)C(=O)c1ccc(F)nc1. The number of aromatic nitrogens is 3. The second kappa shape index (κ2) is 7.04. The highest BCUT2D eigenvalue weighted by atomic mass is 19.1. The van der Waals surface area contributed by atoms with Gasteiger partial charge in [0, 0.05) is 32.2 Å². The van der Waals surface area contributed by atoms with Crippen LogP contribution in [0, 0.1) is 5.95 Å². The predicted octanol–water partition coefficient (Wildman–Crippen LogP) is 2.74. The highest BCUT2D eigenvalue weighted by Crippen LogP contribution is 2.10. The molecule has 3 aromatic rings. The van der Waals surface area contributed by atoms with Crippen LogP contribution in [0.2, 0.25) is 0 Å². The Morgan fingerprint density at radius 3 is 2.67 bits per heavy atom. The Morgan fingerprint density at radius 2 is 1.96 bits per heavy atom. The second-order valence-electron chi connectivity index (χ2n) is 5.49. The summed E-state index contributed by atoms with van der Waals surface area (Å²) in [5.41, 5.74) is 1.51. The van der Waals surface area contributed by atoms with Crippen LogP contribution in [0.1, 0.15) is 21.7 Å². The highest BCUT2D eigenvalue weighted by molar-refractivity contribution is 5.93. The number of carbonyl (C=O) groups excluding carboxylic acids is 1. The summed E-state index contributed by atoms with van der Waals surface area (Å²) in [4.78, 5) is 21.8. The molecule has 0 atom stereocenters. The minimum Gasteiger partial charge on any atom is -0.334 e. The Bertz CT molecular complexity index is 815. The van der Waals surface area contributed by atoms with Gasteiger partial charge in [-0.2, -0.15) is 4.39 Å². The van der Waals surface area contributed by atoms with Gasteiger partial charge >= 0.3 is 0 Å². The molecule has 0 spiro atoms. The van der Waals surface area contributed by atoms with Crippen LogP contribution in [0.15, 0.2) is 61.1 Å². The average Bonchev–Trinajstić information content (AvgIpc) is 3.02. The third-order valence-electron chi connectivity index (χ3n) is 3.70. The van der Waals surface area contributed by atoms with Crippen LogP contribution >= 0.6 is 0 Å². The molecule has 2 heterocycles. The van der Waals surface area contributed by atoms with Crippen molar-refractivity contribution in [3.8, 4) is 0 Å². The minimum atomic E-state index is -0.604. The Balaban J connectivity index is 1.71. The molecular weight excluding hydrogens is 307 g/mol. The fourth-order valence-electron chi connectivity index (χ4n) is 2.42. The molecule has 0 aliphatic carbocycles. The number of hydrogen-bond donors (Lipinski definition) is 0. The largest absolute Gasteiger partial charge is 0.334 e. The molecule has 122 valence electrons. The van der Waals surface area contributed by atoms with Crippen LogP contribution in [-0.2, 0) is 13.1 Å². The third-order valence-corrected chi connectivity index (χ3v) is 3.70. The lowest BCUT2D eigenvalue weighted by atomic mass is 10.2. The summed E-state index contributed by atoms with van der Waals surface area (Å²) in [5, 5.41) is 0. The predicted molar refractivity (Wildman–Crippen MR) is 87.8 cm³/mol. The summed E-state index contributed by atoms with van der Waals surface area (Å²) in [6.07, 6.45) is 4.85. The normalized spacial score (nSPS) is 10.6. The van der Waals surface area contributed by atoms with Gasteiger partial charge in [0.2, 0.25) is 5.95 Å². The quantitative estimate of drug-likeness (QED) is 0.678. The zero-order chi connectivity index (χ0) is 16.9. The number of pyridine rings is 1. The van der Waals surface area contributed by atoms with E-state index in [2.05, 4.69) is 9.97 Å². The lowest BCUT2D eigenvalue weighted by Crippen LogP contribution is -2.28. The molecule has 3 rings (SSSR count). The van der Waals surface area contributed by atoms with Crippen molar-refractivity contribution in [1.82, 2.24) is 19.4 Å². The molecule has 0 fully saturated rings. The summed E-state index contributed by atoms with van der Waals surface area (Å²) in [6.45, 7) is 1.05. The summed E-state index contributed by atoms with van der Waals surface area (Å²) in [6, 6.07) is 12.6. The molecule has 6 heteroatoms. The molecule has 1 amide bonds. The number of imidazole rings is 1. The van der Waals surface area contributed by atoms with Gasteiger partial charge in [-0.25, -0.2) is 9.97 Å². The number of hydrogen-bond acceptors (Lipinski definition) is 3. The summed E-state index contributed by atoms with van der Waals surface area (Å²) >= 11 is 0. The maximum Gasteiger partial charge on any atom is 0.255 e. The van der Waals surface area contributed by atoms with Crippen molar-refractivity contribution in [1.29, 1.82) is 0 Å². The maximum atomic E-state index is 12.9. The first-order valence-corrected chi connectivity index (χ1v) is 7.54. The first kappa shape index (κ1) is 15.9. The fraction of sp³-hybridized carbons (Fsp3) is 0.167. The molecular formula is C18H17FN4O. The number of rotatable bonds is 5. The van der Waals surface area contributed by atoms with Crippen LogP contribution < -0.4 is 0 Å². The van der Waals surface area contributed by atoms with E-state index in [1.54, 1.807) is 18.1 Å². The third kappa shape index (κ3) is 3.65. The summed E-state index contributed by atoms with van der Waals surface area (Å²) < 4.78 is 14.9. The van der Waals surface area contributed by atoms with E-state index in [0.717, 1.165) is 11.4 Å². The number of carbonyl (C=O) groups is 1. The van der Waals surface area contributed by atoms with E-state index in [0.29, 0.717) is 18.7 Å². The molecule has 2 aromatic heterocycles. The molecule has 5 nitrogen and oxygen atoms in total. The Kier molecular flexibility index (Phi) is 4.65. The van der Waals surface area contributed by atoms with Crippen LogP contribution in [-0.4, -0.2) is 32.4 Å². The van der Waals surface area contributed by atoms with Crippen molar-refractivity contribution in [3.63, 3.8) is 0 Å². The van der Waals surface area contributed by atoms with Crippen LogP contribution in [0.4, 0.5) is 4.39 Å². The van der Waals surface area contributed by atoms with Crippen molar-refractivity contribution in [2.75, 3.05) is 7.05 Å². The first-order chi connectivity index (χ1) is 11.6. The highest BCUT2D eigenvalue weighted by Gasteiger charge is 2.15. The number of halogens is 1. The summed E-state index contributed by atoms with van der Waals surface area (Å²) in [7, 11) is 1.69. The van der Waals surface area contributed by atoms with Crippen LogP contribution in [0.25, 0.3) is 0 Å². The Hall–Kier alpha value is -3.02. The molecule has 0 saturated carbocycles. The number of nitrogens with zero attached hydrogens (tertiary/aromatic N) is 4.